The molecule has 0 atom stereocenters. The standard InChI is InChI=1S/C16H25NO/c1-5-17-11-16(13(2)3)10-14-8-6-7-9-15(14)12-18-4/h6-10,13,17H,5,11-12H2,1-4H3. The van der Waals surface area contributed by atoms with Gasteiger partial charge in [0.2, 0.25) is 0 Å². The molecule has 0 amide bonds. The van der Waals surface area contributed by atoms with E-state index >= 15 is 0 Å². The molecular weight excluding hydrogens is 222 g/mol. The van der Waals surface area contributed by atoms with Gasteiger partial charge in [-0.1, -0.05) is 56.7 Å². The normalized spacial score (nSPS) is 12.2. The highest BCUT2D eigenvalue weighted by atomic mass is 16.5. The van der Waals surface area contributed by atoms with Crippen molar-refractivity contribution in [2.45, 2.75) is 27.4 Å². The molecule has 0 bridgehead atoms. The first kappa shape index (κ1) is 14.9. The monoisotopic (exact) mass is 247 g/mol. The molecule has 0 aliphatic heterocycles. The largest absolute Gasteiger partial charge is 0.380 e. The lowest BCUT2D eigenvalue weighted by atomic mass is 9.98. The van der Waals surface area contributed by atoms with Crippen LogP contribution in [0.5, 0.6) is 0 Å². The second kappa shape index (κ2) is 8.06. The van der Waals surface area contributed by atoms with Gasteiger partial charge in [-0.05, 0) is 23.6 Å². The van der Waals surface area contributed by atoms with Crippen LogP contribution in [0.1, 0.15) is 31.9 Å². The zero-order chi connectivity index (χ0) is 13.4. The lowest BCUT2D eigenvalue weighted by Crippen LogP contribution is -2.18. The van der Waals surface area contributed by atoms with Crippen LogP contribution in [-0.4, -0.2) is 20.2 Å². The molecule has 0 radical (unpaired) electrons. The van der Waals surface area contributed by atoms with Gasteiger partial charge >= 0.3 is 0 Å². The molecule has 0 heterocycles. The summed E-state index contributed by atoms with van der Waals surface area (Å²) >= 11 is 0. The van der Waals surface area contributed by atoms with Crippen LogP contribution >= 0.6 is 0 Å². The minimum atomic E-state index is 0.555. The van der Waals surface area contributed by atoms with E-state index in [0.29, 0.717) is 12.5 Å². The summed E-state index contributed by atoms with van der Waals surface area (Å²) in [6.07, 6.45) is 2.29. The van der Waals surface area contributed by atoms with Crippen LogP contribution in [0.2, 0.25) is 0 Å². The molecule has 1 N–H and O–H groups in total. The maximum Gasteiger partial charge on any atom is 0.0718 e. The van der Waals surface area contributed by atoms with Crippen molar-refractivity contribution in [3.8, 4) is 0 Å². The fourth-order valence-corrected chi connectivity index (χ4v) is 1.85. The van der Waals surface area contributed by atoms with Crippen molar-refractivity contribution in [2.75, 3.05) is 20.2 Å². The SMILES string of the molecule is CCNCC(=Cc1ccccc1COC)C(C)C. The van der Waals surface area contributed by atoms with E-state index in [9.17, 15) is 0 Å². The zero-order valence-electron chi connectivity index (χ0n) is 12.0. The van der Waals surface area contributed by atoms with Gasteiger partial charge in [-0.2, -0.15) is 0 Å². The molecule has 1 aromatic rings. The van der Waals surface area contributed by atoms with Crippen molar-refractivity contribution in [1.82, 2.24) is 5.32 Å². The summed E-state index contributed by atoms with van der Waals surface area (Å²) in [7, 11) is 1.74. The summed E-state index contributed by atoms with van der Waals surface area (Å²) in [5.41, 5.74) is 3.94. The molecule has 2 heteroatoms. The third-order valence-electron chi connectivity index (χ3n) is 3.02. The fourth-order valence-electron chi connectivity index (χ4n) is 1.85. The molecule has 18 heavy (non-hydrogen) atoms. The van der Waals surface area contributed by atoms with E-state index in [4.69, 9.17) is 4.74 Å². The molecular formula is C16H25NO. The number of likely N-dealkylation sites (N-methyl/N-ethyl adjacent to an activating group) is 1. The predicted molar refractivity (Wildman–Crippen MR) is 78.5 cm³/mol. The Bertz CT molecular complexity index is 382. The number of nitrogens with one attached hydrogen (secondary N) is 1. The van der Waals surface area contributed by atoms with Crippen LogP contribution in [0.3, 0.4) is 0 Å². The minimum absolute atomic E-state index is 0.555. The van der Waals surface area contributed by atoms with Crippen molar-refractivity contribution >= 4 is 6.08 Å². The van der Waals surface area contributed by atoms with Gasteiger partial charge in [0, 0.05) is 13.7 Å². The highest BCUT2D eigenvalue weighted by molar-refractivity contribution is 5.57. The molecule has 0 fully saturated rings. The van der Waals surface area contributed by atoms with Gasteiger partial charge < -0.3 is 10.1 Å². The molecule has 100 valence electrons. The highest BCUT2D eigenvalue weighted by Gasteiger charge is 2.05. The van der Waals surface area contributed by atoms with Crippen LogP contribution in [0.15, 0.2) is 29.8 Å². The van der Waals surface area contributed by atoms with Gasteiger partial charge in [-0.25, -0.2) is 0 Å². The van der Waals surface area contributed by atoms with Crippen LogP contribution in [0.4, 0.5) is 0 Å². The Balaban J connectivity index is 2.95. The number of ether oxygens (including phenoxy) is 1. The Morgan fingerprint density at radius 1 is 1.33 bits per heavy atom. The van der Waals surface area contributed by atoms with Crippen LogP contribution in [0.25, 0.3) is 6.08 Å². The van der Waals surface area contributed by atoms with Crippen molar-refractivity contribution in [3.05, 3.63) is 41.0 Å². The number of benzene rings is 1. The van der Waals surface area contributed by atoms with Crippen molar-refractivity contribution in [1.29, 1.82) is 0 Å². The predicted octanol–water partition coefficient (Wildman–Crippen LogP) is 3.48. The van der Waals surface area contributed by atoms with Gasteiger partial charge in [0.15, 0.2) is 0 Å². The lowest BCUT2D eigenvalue weighted by molar-refractivity contribution is 0.184. The summed E-state index contributed by atoms with van der Waals surface area (Å²) in [6.45, 7) is 9.24. The summed E-state index contributed by atoms with van der Waals surface area (Å²) in [5.74, 6) is 0.555. The Kier molecular flexibility index (Phi) is 6.69. The average Bonchev–Trinajstić information content (AvgIpc) is 2.36. The van der Waals surface area contributed by atoms with Crippen molar-refractivity contribution in [2.24, 2.45) is 5.92 Å². The van der Waals surface area contributed by atoms with E-state index in [1.807, 2.05) is 0 Å². The Morgan fingerprint density at radius 3 is 2.67 bits per heavy atom. The highest BCUT2D eigenvalue weighted by Crippen LogP contribution is 2.18. The second-order valence-electron chi connectivity index (χ2n) is 4.79. The van der Waals surface area contributed by atoms with Crippen LogP contribution < -0.4 is 5.32 Å². The van der Waals surface area contributed by atoms with E-state index in [1.54, 1.807) is 7.11 Å². The molecule has 0 aliphatic rings. The maximum atomic E-state index is 5.25. The van der Waals surface area contributed by atoms with Crippen LogP contribution in [0, 0.1) is 5.92 Å². The summed E-state index contributed by atoms with van der Waals surface area (Å²) in [6, 6.07) is 8.42. The lowest BCUT2D eigenvalue weighted by Gasteiger charge is -2.13. The third-order valence-corrected chi connectivity index (χ3v) is 3.02. The molecule has 0 aromatic heterocycles. The topological polar surface area (TPSA) is 21.3 Å². The molecule has 0 spiro atoms. The Morgan fingerprint density at radius 2 is 2.06 bits per heavy atom. The van der Waals surface area contributed by atoms with E-state index in [2.05, 4.69) is 56.4 Å². The van der Waals surface area contributed by atoms with Gasteiger partial charge in [0.05, 0.1) is 6.61 Å². The molecule has 0 aliphatic carbocycles. The van der Waals surface area contributed by atoms with E-state index in [1.165, 1.54) is 16.7 Å². The number of rotatable bonds is 7. The van der Waals surface area contributed by atoms with Gasteiger partial charge in [-0.3, -0.25) is 0 Å². The van der Waals surface area contributed by atoms with Gasteiger partial charge in [0.1, 0.15) is 0 Å². The maximum absolute atomic E-state index is 5.25. The molecule has 0 saturated carbocycles. The molecule has 2 nitrogen and oxygen atoms in total. The smallest absolute Gasteiger partial charge is 0.0718 e. The van der Waals surface area contributed by atoms with E-state index < -0.39 is 0 Å². The molecule has 1 rings (SSSR count). The Labute approximate surface area is 111 Å². The number of hydrogen-bond acceptors (Lipinski definition) is 2. The van der Waals surface area contributed by atoms with Crippen molar-refractivity contribution < 1.29 is 4.74 Å². The fraction of sp³-hybridized carbons (Fsp3) is 0.500. The van der Waals surface area contributed by atoms with E-state index in [-0.39, 0.29) is 0 Å². The van der Waals surface area contributed by atoms with Crippen molar-refractivity contribution in [3.63, 3.8) is 0 Å². The van der Waals surface area contributed by atoms with E-state index in [0.717, 1.165) is 13.1 Å². The first-order chi connectivity index (χ1) is 8.69. The zero-order valence-corrected chi connectivity index (χ0v) is 12.0. The number of hydrogen-bond donors (Lipinski definition) is 1. The summed E-state index contributed by atoms with van der Waals surface area (Å²) in [5, 5.41) is 3.40. The molecule has 1 aromatic carbocycles. The number of methoxy groups -OCH3 is 1. The average molecular weight is 247 g/mol. The third kappa shape index (κ3) is 4.63. The summed E-state index contributed by atoms with van der Waals surface area (Å²) in [4.78, 5) is 0. The first-order valence-corrected chi connectivity index (χ1v) is 6.67. The Hall–Kier alpha value is -1.12. The summed E-state index contributed by atoms with van der Waals surface area (Å²) < 4.78 is 5.25. The first-order valence-electron chi connectivity index (χ1n) is 6.67. The quantitative estimate of drug-likeness (QED) is 0.796. The molecule has 0 unspecified atom stereocenters. The van der Waals surface area contributed by atoms with Crippen LogP contribution in [-0.2, 0) is 11.3 Å². The molecule has 0 saturated heterocycles. The van der Waals surface area contributed by atoms with Gasteiger partial charge in [-0.15, -0.1) is 0 Å². The minimum Gasteiger partial charge on any atom is -0.380 e. The van der Waals surface area contributed by atoms with Gasteiger partial charge in [0.25, 0.3) is 0 Å². The second-order valence-corrected chi connectivity index (χ2v) is 4.79.